The molecule has 0 spiro atoms. The highest BCUT2D eigenvalue weighted by molar-refractivity contribution is 5.90. The third kappa shape index (κ3) is 5.28. The SMILES string of the molecule is CCc1c2c(nc3ccc(OC(=O)CCC(=O)OCc4c(C)c(C)c(C)c(C)c4C)cc13)-c1cc3c(c(=O)n1C2)COC(=O)[C@]3(O)CC. The summed E-state index contributed by atoms with van der Waals surface area (Å²) < 4.78 is 18.0. The first kappa shape index (κ1) is 33.1. The lowest BCUT2D eigenvalue weighted by atomic mass is 9.86. The molecule has 1 atom stereocenters. The number of hydrogen-bond acceptors (Lipinski definition) is 9. The fraction of sp³-hybridized carbons (Fsp3) is 0.395. The van der Waals surface area contributed by atoms with Crippen LogP contribution in [0.1, 0.15) is 88.7 Å². The average Bonchev–Trinajstić information content (AvgIpc) is 3.44. The number of carbonyl (C=O) groups excluding carboxylic acids is 3. The van der Waals surface area contributed by atoms with Gasteiger partial charge in [0.15, 0.2) is 5.60 Å². The van der Waals surface area contributed by atoms with E-state index in [-0.39, 0.29) is 55.7 Å². The van der Waals surface area contributed by atoms with Crippen molar-refractivity contribution in [2.45, 2.75) is 99.5 Å². The largest absolute Gasteiger partial charge is 0.461 e. The number of benzene rings is 2. The first-order chi connectivity index (χ1) is 22.8. The minimum atomic E-state index is -1.90. The molecule has 10 heteroatoms. The first-order valence-electron chi connectivity index (χ1n) is 16.3. The lowest BCUT2D eigenvalue weighted by Crippen LogP contribution is -2.44. The van der Waals surface area contributed by atoms with Gasteiger partial charge in [-0.15, -0.1) is 0 Å². The molecular formula is C38H40N2O8. The predicted molar refractivity (Wildman–Crippen MR) is 179 cm³/mol. The van der Waals surface area contributed by atoms with Gasteiger partial charge in [0.1, 0.15) is 19.0 Å². The monoisotopic (exact) mass is 652 g/mol. The molecule has 2 aliphatic rings. The molecule has 0 fully saturated rings. The fourth-order valence-corrected chi connectivity index (χ4v) is 7.01. The van der Waals surface area contributed by atoms with Crippen molar-refractivity contribution in [1.29, 1.82) is 0 Å². The molecule has 0 bridgehead atoms. The van der Waals surface area contributed by atoms with E-state index < -0.39 is 23.5 Å². The second-order valence-electron chi connectivity index (χ2n) is 12.8. The van der Waals surface area contributed by atoms with Gasteiger partial charge in [-0.3, -0.25) is 14.4 Å². The Labute approximate surface area is 278 Å². The molecule has 0 aliphatic carbocycles. The zero-order chi connectivity index (χ0) is 34.7. The van der Waals surface area contributed by atoms with Crippen LogP contribution in [0.4, 0.5) is 0 Å². The number of hydrogen-bond donors (Lipinski definition) is 1. The van der Waals surface area contributed by atoms with E-state index in [0.29, 0.717) is 29.1 Å². The molecule has 2 aromatic carbocycles. The number of aromatic nitrogens is 2. The third-order valence-electron chi connectivity index (χ3n) is 10.4. The van der Waals surface area contributed by atoms with Crippen LogP contribution in [-0.4, -0.2) is 32.6 Å². The van der Waals surface area contributed by atoms with Gasteiger partial charge in [-0.1, -0.05) is 13.8 Å². The number of esters is 3. The van der Waals surface area contributed by atoms with E-state index >= 15 is 0 Å². The van der Waals surface area contributed by atoms with Crippen LogP contribution in [0.15, 0.2) is 29.1 Å². The number of pyridine rings is 2. The second kappa shape index (κ2) is 12.3. The van der Waals surface area contributed by atoms with Crippen LogP contribution in [0.3, 0.4) is 0 Å². The molecule has 4 heterocycles. The Balaban J connectivity index is 1.19. The number of nitrogens with zero attached hydrogens (tertiary/aromatic N) is 2. The Kier molecular flexibility index (Phi) is 8.49. The maximum atomic E-state index is 13.6. The van der Waals surface area contributed by atoms with Gasteiger partial charge in [-0.2, -0.15) is 0 Å². The number of aliphatic hydroxyl groups is 1. The minimum absolute atomic E-state index is 0.0644. The normalized spacial score (nSPS) is 16.3. The van der Waals surface area contributed by atoms with Crippen molar-refractivity contribution >= 4 is 28.8 Å². The molecule has 6 rings (SSSR count). The van der Waals surface area contributed by atoms with Crippen molar-refractivity contribution in [3.05, 3.63) is 90.3 Å². The zero-order valence-electron chi connectivity index (χ0n) is 28.5. The minimum Gasteiger partial charge on any atom is -0.461 e. The highest BCUT2D eigenvalue weighted by Gasteiger charge is 2.45. The number of ether oxygens (including phenoxy) is 3. The molecule has 0 radical (unpaired) electrons. The van der Waals surface area contributed by atoms with E-state index in [1.807, 2.05) is 20.8 Å². The number of aryl methyl sites for hydroxylation is 1. The van der Waals surface area contributed by atoms with Gasteiger partial charge in [0, 0.05) is 16.5 Å². The molecule has 4 aromatic rings. The van der Waals surface area contributed by atoms with E-state index in [1.165, 1.54) is 16.7 Å². The highest BCUT2D eigenvalue weighted by atomic mass is 16.6. The number of carbonyl (C=O) groups is 3. The molecule has 0 saturated carbocycles. The van der Waals surface area contributed by atoms with Gasteiger partial charge < -0.3 is 23.9 Å². The predicted octanol–water partition coefficient (Wildman–Crippen LogP) is 5.61. The Morgan fingerprint density at radius 2 is 1.58 bits per heavy atom. The van der Waals surface area contributed by atoms with Crippen molar-refractivity contribution in [1.82, 2.24) is 9.55 Å². The number of rotatable bonds is 8. The molecule has 250 valence electrons. The van der Waals surface area contributed by atoms with Crippen LogP contribution >= 0.6 is 0 Å². The fourth-order valence-electron chi connectivity index (χ4n) is 7.01. The summed E-state index contributed by atoms with van der Waals surface area (Å²) in [4.78, 5) is 56.3. The summed E-state index contributed by atoms with van der Waals surface area (Å²) in [5.74, 6) is -1.48. The van der Waals surface area contributed by atoms with Crippen LogP contribution in [-0.2, 0) is 55.6 Å². The number of fused-ring (bicyclic) bond motifs is 5. The molecule has 48 heavy (non-hydrogen) atoms. The summed E-state index contributed by atoms with van der Waals surface area (Å²) in [6, 6.07) is 6.84. The lowest BCUT2D eigenvalue weighted by Gasteiger charge is -2.31. The van der Waals surface area contributed by atoms with Gasteiger partial charge in [0.25, 0.3) is 5.56 Å². The van der Waals surface area contributed by atoms with Crippen molar-refractivity contribution < 1.29 is 33.7 Å². The molecule has 0 saturated heterocycles. The van der Waals surface area contributed by atoms with E-state index in [9.17, 15) is 24.3 Å². The van der Waals surface area contributed by atoms with Crippen LogP contribution in [0, 0.1) is 34.6 Å². The van der Waals surface area contributed by atoms with E-state index in [2.05, 4.69) is 20.8 Å². The molecular weight excluding hydrogens is 612 g/mol. The van der Waals surface area contributed by atoms with Gasteiger partial charge >= 0.3 is 17.9 Å². The summed E-state index contributed by atoms with van der Waals surface area (Å²) in [5, 5.41) is 11.9. The summed E-state index contributed by atoms with van der Waals surface area (Å²) in [7, 11) is 0. The highest BCUT2D eigenvalue weighted by Crippen LogP contribution is 2.41. The standard InChI is InChI=1S/C38H40N2O8/c1-8-25-26-14-24(48-34(42)13-12-33(41)46-17-28-22(6)20(4)19(3)21(5)23(28)7)10-11-31(26)39-35-27(25)16-40-32(35)15-30-29(36(40)43)18-47-37(44)38(30,45)9-2/h10-11,14-15,45H,8-9,12-13,16-18H2,1-7H3/t38-/m0/s1. The number of cyclic esters (lactones) is 1. The molecule has 2 aromatic heterocycles. The Bertz CT molecular complexity index is 2080. The topological polar surface area (TPSA) is 134 Å². The van der Waals surface area contributed by atoms with Crippen molar-refractivity contribution in [3.63, 3.8) is 0 Å². The lowest BCUT2D eigenvalue weighted by molar-refractivity contribution is -0.172. The quantitative estimate of drug-likeness (QED) is 0.168. The van der Waals surface area contributed by atoms with Crippen molar-refractivity contribution in [2.24, 2.45) is 0 Å². The van der Waals surface area contributed by atoms with E-state index in [4.69, 9.17) is 19.2 Å². The average molecular weight is 653 g/mol. The van der Waals surface area contributed by atoms with E-state index in [1.54, 1.807) is 35.8 Å². The van der Waals surface area contributed by atoms with Crippen LogP contribution in [0.5, 0.6) is 5.75 Å². The Morgan fingerprint density at radius 3 is 2.25 bits per heavy atom. The molecule has 1 N–H and O–H groups in total. The van der Waals surface area contributed by atoms with Crippen molar-refractivity contribution in [3.8, 4) is 17.1 Å². The Morgan fingerprint density at radius 1 is 0.917 bits per heavy atom. The molecule has 2 aliphatic heterocycles. The van der Waals surface area contributed by atoms with Gasteiger partial charge in [-0.25, -0.2) is 9.78 Å². The summed E-state index contributed by atoms with van der Waals surface area (Å²) in [6.07, 6.45) is 0.439. The summed E-state index contributed by atoms with van der Waals surface area (Å²) in [6.45, 7) is 14.2. The summed E-state index contributed by atoms with van der Waals surface area (Å²) in [5.41, 5.74) is 8.71. The van der Waals surface area contributed by atoms with Crippen LogP contribution in [0.2, 0.25) is 0 Å². The maximum absolute atomic E-state index is 13.6. The third-order valence-corrected chi connectivity index (χ3v) is 10.4. The molecule has 0 unspecified atom stereocenters. The van der Waals surface area contributed by atoms with Crippen LogP contribution in [0.25, 0.3) is 22.3 Å². The Hall–Kier alpha value is -4.83. The van der Waals surface area contributed by atoms with E-state index in [0.717, 1.165) is 33.2 Å². The van der Waals surface area contributed by atoms with Gasteiger partial charge in [0.05, 0.1) is 41.9 Å². The maximum Gasteiger partial charge on any atom is 0.343 e. The molecule has 0 amide bonds. The molecule has 10 nitrogen and oxygen atoms in total. The second-order valence-corrected chi connectivity index (χ2v) is 12.8. The van der Waals surface area contributed by atoms with Gasteiger partial charge in [0.2, 0.25) is 0 Å². The van der Waals surface area contributed by atoms with Crippen LogP contribution < -0.4 is 10.3 Å². The zero-order valence-corrected chi connectivity index (χ0v) is 28.5. The summed E-state index contributed by atoms with van der Waals surface area (Å²) >= 11 is 0. The first-order valence-corrected chi connectivity index (χ1v) is 16.3. The smallest absolute Gasteiger partial charge is 0.343 e. The van der Waals surface area contributed by atoms with Gasteiger partial charge in [-0.05, 0) is 111 Å². The van der Waals surface area contributed by atoms with Crippen molar-refractivity contribution in [2.75, 3.05) is 0 Å².